The SMILES string of the molecule is COCC(=O)N1CCc2[nH]cnc2C12CCN(C(=O)c1cnccc1C)CC2. The molecule has 1 saturated heterocycles. The topological polar surface area (TPSA) is 91.4 Å². The van der Waals surface area contributed by atoms with Crippen LogP contribution in [0.4, 0.5) is 0 Å². The Labute approximate surface area is 163 Å². The van der Waals surface area contributed by atoms with Gasteiger partial charge in [0.15, 0.2) is 0 Å². The molecule has 0 aromatic carbocycles. The number of aromatic amines is 1. The van der Waals surface area contributed by atoms with Gasteiger partial charge < -0.3 is 19.5 Å². The van der Waals surface area contributed by atoms with Crippen molar-refractivity contribution in [3.05, 3.63) is 47.3 Å². The number of carbonyl (C=O) groups excluding carboxylic acids is 2. The zero-order valence-electron chi connectivity index (χ0n) is 16.3. The number of likely N-dealkylation sites (tertiary alicyclic amines) is 1. The normalized spacial score (nSPS) is 18.2. The summed E-state index contributed by atoms with van der Waals surface area (Å²) in [5, 5.41) is 0. The first-order valence-corrected chi connectivity index (χ1v) is 9.59. The minimum Gasteiger partial charge on any atom is -0.375 e. The summed E-state index contributed by atoms with van der Waals surface area (Å²) >= 11 is 0. The van der Waals surface area contributed by atoms with Crippen LogP contribution < -0.4 is 0 Å². The highest BCUT2D eigenvalue weighted by Crippen LogP contribution is 2.42. The van der Waals surface area contributed by atoms with Crippen molar-refractivity contribution in [2.24, 2.45) is 0 Å². The summed E-state index contributed by atoms with van der Waals surface area (Å²) in [6.45, 7) is 3.74. The van der Waals surface area contributed by atoms with Crippen LogP contribution in [0.15, 0.2) is 24.8 Å². The second-order valence-corrected chi connectivity index (χ2v) is 7.47. The Morgan fingerprint density at radius 1 is 1.29 bits per heavy atom. The van der Waals surface area contributed by atoms with Gasteiger partial charge in [0.25, 0.3) is 5.91 Å². The summed E-state index contributed by atoms with van der Waals surface area (Å²) in [6.07, 6.45) is 7.09. The molecule has 8 heteroatoms. The fraction of sp³-hybridized carbons (Fsp3) is 0.500. The lowest BCUT2D eigenvalue weighted by atomic mass is 9.78. The largest absolute Gasteiger partial charge is 0.375 e. The number of aromatic nitrogens is 3. The number of nitrogens with zero attached hydrogens (tertiary/aromatic N) is 4. The highest BCUT2D eigenvalue weighted by molar-refractivity contribution is 5.95. The molecule has 4 heterocycles. The van der Waals surface area contributed by atoms with E-state index in [9.17, 15) is 9.59 Å². The van der Waals surface area contributed by atoms with E-state index in [1.54, 1.807) is 18.7 Å². The Hall–Kier alpha value is -2.74. The number of rotatable bonds is 3. The molecule has 2 aliphatic rings. The number of pyridine rings is 1. The van der Waals surface area contributed by atoms with E-state index in [2.05, 4.69) is 15.0 Å². The molecule has 2 amide bonds. The van der Waals surface area contributed by atoms with Crippen molar-refractivity contribution in [2.45, 2.75) is 31.7 Å². The molecular formula is C20H25N5O3. The van der Waals surface area contributed by atoms with E-state index in [0.29, 0.717) is 38.0 Å². The van der Waals surface area contributed by atoms with Crippen LogP contribution in [0.5, 0.6) is 0 Å². The van der Waals surface area contributed by atoms with Gasteiger partial charge in [-0.1, -0.05) is 0 Å². The number of hydrogen-bond donors (Lipinski definition) is 1. The number of nitrogens with one attached hydrogen (secondary N) is 1. The Morgan fingerprint density at radius 3 is 2.79 bits per heavy atom. The predicted molar refractivity (Wildman–Crippen MR) is 102 cm³/mol. The number of ether oxygens (including phenoxy) is 1. The van der Waals surface area contributed by atoms with Crippen molar-refractivity contribution >= 4 is 11.8 Å². The lowest BCUT2D eigenvalue weighted by Crippen LogP contribution is -2.59. The second-order valence-electron chi connectivity index (χ2n) is 7.47. The molecule has 0 bridgehead atoms. The van der Waals surface area contributed by atoms with Crippen molar-refractivity contribution < 1.29 is 14.3 Å². The Bertz CT molecular complexity index is 885. The molecule has 0 aliphatic carbocycles. The molecule has 2 aliphatic heterocycles. The first-order valence-electron chi connectivity index (χ1n) is 9.59. The van der Waals surface area contributed by atoms with Gasteiger partial charge in [-0.3, -0.25) is 14.6 Å². The summed E-state index contributed by atoms with van der Waals surface area (Å²) in [4.78, 5) is 41.4. The number of aryl methyl sites for hydroxylation is 1. The van der Waals surface area contributed by atoms with Crippen LogP contribution in [0, 0.1) is 6.92 Å². The van der Waals surface area contributed by atoms with E-state index in [-0.39, 0.29) is 18.4 Å². The maximum absolute atomic E-state index is 13.0. The third-order valence-corrected chi connectivity index (χ3v) is 5.98. The maximum atomic E-state index is 13.0. The van der Waals surface area contributed by atoms with Gasteiger partial charge in [0.05, 0.1) is 23.1 Å². The number of carbonyl (C=O) groups is 2. The van der Waals surface area contributed by atoms with Gasteiger partial charge in [-0.05, 0) is 31.4 Å². The summed E-state index contributed by atoms with van der Waals surface area (Å²) in [7, 11) is 1.53. The third-order valence-electron chi connectivity index (χ3n) is 5.98. The first kappa shape index (κ1) is 18.6. The zero-order chi connectivity index (χ0) is 19.7. The van der Waals surface area contributed by atoms with E-state index < -0.39 is 5.54 Å². The first-order chi connectivity index (χ1) is 13.6. The van der Waals surface area contributed by atoms with E-state index >= 15 is 0 Å². The van der Waals surface area contributed by atoms with E-state index in [0.717, 1.165) is 23.4 Å². The van der Waals surface area contributed by atoms with Crippen LogP contribution in [0.25, 0.3) is 0 Å². The number of methoxy groups -OCH3 is 1. The predicted octanol–water partition coefficient (Wildman–Crippen LogP) is 1.28. The Morgan fingerprint density at radius 2 is 2.07 bits per heavy atom. The zero-order valence-corrected chi connectivity index (χ0v) is 16.3. The minimum atomic E-state index is -0.482. The Kier molecular flexibility index (Phi) is 4.89. The van der Waals surface area contributed by atoms with Crippen LogP contribution in [-0.2, 0) is 21.5 Å². The molecule has 28 heavy (non-hydrogen) atoms. The van der Waals surface area contributed by atoms with E-state index in [1.165, 1.54) is 7.11 Å². The van der Waals surface area contributed by atoms with Crippen LogP contribution in [-0.4, -0.2) is 69.9 Å². The average Bonchev–Trinajstić information content (AvgIpc) is 3.19. The number of H-pyrrole nitrogens is 1. The van der Waals surface area contributed by atoms with Gasteiger partial charge in [0.1, 0.15) is 6.61 Å². The van der Waals surface area contributed by atoms with Gasteiger partial charge in [-0.15, -0.1) is 0 Å². The molecule has 1 fully saturated rings. The van der Waals surface area contributed by atoms with Gasteiger partial charge in [-0.2, -0.15) is 0 Å². The van der Waals surface area contributed by atoms with Crippen LogP contribution in [0.2, 0.25) is 0 Å². The summed E-state index contributed by atoms with van der Waals surface area (Å²) in [5.41, 5.74) is 3.10. The van der Waals surface area contributed by atoms with Gasteiger partial charge in [0, 0.05) is 51.3 Å². The Balaban J connectivity index is 1.59. The molecule has 148 valence electrons. The molecule has 0 saturated carbocycles. The average molecular weight is 383 g/mol. The highest BCUT2D eigenvalue weighted by atomic mass is 16.5. The van der Waals surface area contributed by atoms with Gasteiger partial charge in [-0.25, -0.2) is 4.98 Å². The molecule has 0 atom stereocenters. The monoisotopic (exact) mass is 383 g/mol. The number of amides is 2. The molecule has 1 N–H and O–H groups in total. The number of fused-ring (bicyclic) bond motifs is 2. The standard InChI is InChI=1S/C20H25N5O3/c1-14-3-7-21-11-15(14)19(27)24-9-5-20(6-10-24)18-16(22-13-23-18)4-8-25(20)17(26)12-28-2/h3,7,11,13H,4-6,8-10,12H2,1-2H3,(H,22,23). The second kappa shape index (κ2) is 7.35. The molecule has 8 nitrogen and oxygen atoms in total. The van der Waals surface area contributed by atoms with Crippen molar-refractivity contribution in [1.29, 1.82) is 0 Å². The summed E-state index contributed by atoms with van der Waals surface area (Å²) in [6, 6.07) is 1.85. The van der Waals surface area contributed by atoms with Crippen LogP contribution in [0.3, 0.4) is 0 Å². The fourth-order valence-electron chi connectivity index (χ4n) is 4.49. The summed E-state index contributed by atoms with van der Waals surface area (Å²) < 4.78 is 5.10. The van der Waals surface area contributed by atoms with Crippen molar-refractivity contribution in [2.75, 3.05) is 33.4 Å². The lowest BCUT2D eigenvalue weighted by molar-refractivity contribution is -0.145. The third kappa shape index (κ3) is 2.97. The van der Waals surface area contributed by atoms with Crippen molar-refractivity contribution in [3.63, 3.8) is 0 Å². The van der Waals surface area contributed by atoms with Crippen molar-refractivity contribution in [1.82, 2.24) is 24.8 Å². The molecule has 1 spiro atoms. The number of imidazole rings is 1. The number of hydrogen-bond acceptors (Lipinski definition) is 5. The molecule has 2 aromatic rings. The molecule has 0 unspecified atom stereocenters. The smallest absolute Gasteiger partial charge is 0.255 e. The number of piperidine rings is 1. The van der Waals surface area contributed by atoms with Crippen LogP contribution >= 0.6 is 0 Å². The van der Waals surface area contributed by atoms with Gasteiger partial charge >= 0.3 is 0 Å². The molecule has 4 rings (SSSR count). The van der Waals surface area contributed by atoms with Crippen molar-refractivity contribution in [3.8, 4) is 0 Å². The van der Waals surface area contributed by atoms with Crippen LogP contribution in [0.1, 0.15) is 40.2 Å². The molecular weight excluding hydrogens is 358 g/mol. The van der Waals surface area contributed by atoms with Gasteiger partial charge in [0.2, 0.25) is 5.91 Å². The highest BCUT2D eigenvalue weighted by Gasteiger charge is 2.49. The van der Waals surface area contributed by atoms with E-state index in [1.807, 2.05) is 22.8 Å². The lowest BCUT2D eigenvalue weighted by Gasteiger charge is -2.50. The minimum absolute atomic E-state index is 0.00622. The molecule has 0 radical (unpaired) electrons. The maximum Gasteiger partial charge on any atom is 0.255 e. The molecule has 2 aromatic heterocycles. The summed E-state index contributed by atoms with van der Waals surface area (Å²) in [5.74, 6) is -0.0349. The quantitative estimate of drug-likeness (QED) is 0.862. The van der Waals surface area contributed by atoms with E-state index in [4.69, 9.17) is 4.74 Å². The fourth-order valence-corrected chi connectivity index (χ4v) is 4.49.